The molecule has 3 fully saturated rings. The lowest BCUT2D eigenvalue weighted by molar-refractivity contribution is -0.143. The number of rotatable bonds is 6. The molecule has 0 amide bonds. The van der Waals surface area contributed by atoms with Crippen LogP contribution in [0.3, 0.4) is 0 Å². The Hall–Kier alpha value is -0.940. The van der Waals surface area contributed by atoms with Crippen molar-refractivity contribution in [1.82, 2.24) is 0 Å². The first-order valence-corrected chi connectivity index (χ1v) is 18.1. The van der Waals surface area contributed by atoms with Gasteiger partial charge in [0.2, 0.25) is 0 Å². The highest BCUT2D eigenvalue weighted by Crippen LogP contribution is 2.70. The van der Waals surface area contributed by atoms with Crippen LogP contribution in [-0.2, 0) is 26.1 Å². The minimum Gasteiger partial charge on any atom is -0.215 e. The fourth-order valence-electron chi connectivity index (χ4n) is 7.15. The topological polar surface area (TPSA) is 43.4 Å². The summed E-state index contributed by atoms with van der Waals surface area (Å²) in [7, 11) is -7.71. The number of halogens is 6. The van der Waals surface area contributed by atoms with Gasteiger partial charge in [0.1, 0.15) is 4.90 Å². The maximum atomic E-state index is 14.1. The van der Waals surface area contributed by atoms with Gasteiger partial charge in [-0.25, -0.2) is 3.63 Å². The molecule has 0 bridgehead atoms. The number of alkyl halides is 6. The summed E-state index contributed by atoms with van der Waals surface area (Å²) in [5, 5.41) is -0.261. The fourth-order valence-corrected chi connectivity index (χ4v) is 15.6. The van der Waals surface area contributed by atoms with E-state index in [1.807, 2.05) is 0 Å². The Morgan fingerprint density at radius 2 is 0.950 bits per heavy atom. The van der Waals surface area contributed by atoms with Crippen LogP contribution in [0.15, 0.2) is 23.1 Å². The van der Waals surface area contributed by atoms with E-state index in [0.29, 0.717) is 6.07 Å². The van der Waals surface area contributed by atoms with Crippen molar-refractivity contribution in [2.45, 2.75) is 149 Å². The Morgan fingerprint density at radius 3 is 1.27 bits per heavy atom. The maximum Gasteiger partial charge on any atom is 0.417 e. The molecule has 1 aromatic rings. The second kappa shape index (κ2) is 13.1. The molecular formula is C29H42F6O3S2. The molecule has 0 aromatic heterocycles. The third kappa shape index (κ3) is 7.33. The van der Waals surface area contributed by atoms with Gasteiger partial charge < -0.3 is 0 Å². The summed E-state index contributed by atoms with van der Waals surface area (Å²) in [6.07, 6.45) is 5.89. The van der Waals surface area contributed by atoms with E-state index in [4.69, 9.17) is 3.63 Å². The molecule has 3 aliphatic rings. The average Bonchev–Trinajstić information content (AvgIpc) is 3.43. The largest absolute Gasteiger partial charge is 0.417 e. The van der Waals surface area contributed by atoms with Crippen molar-refractivity contribution in [1.29, 1.82) is 0 Å². The van der Waals surface area contributed by atoms with Gasteiger partial charge in [-0.2, -0.15) is 34.8 Å². The first kappa shape index (κ1) is 32.0. The van der Waals surface area contributed by atoms with E-state index in [1.54, 1.807) is 0 Å². The van der Waals surface area contributed by atoms with E-state index in [-0.39, 0.29) is 27.9 Å². The summed E-state index contributed by atoms with van der Waals surface area (Å²) in [5.74, 6) is 0. The lowest BCUT2D eigenvalue weighted by Gasteiger charge is -2.55. The average molecular weight is 617 g/mol. The lowest BCUT2D eigenvalue weighted by atomic mass is 10.1. The summed E-state index contributed by atoms with van der Waals surface area (Å²) in [5.41, 5.74) is -3.03. The highest BCUT2D eigenvalue weighted by molar-refractivity contribution is 8.34. The molecule has 0 saturated heterocycles. The molecule has 3 aliphatic carbocycles. The molecule has 0 unspecified atom stereocenters. The molecule has 1 aromatic carbocycles. The summed E-state index contributed by atoms with van der Waals surface area (Å²) < 4.78 is 118. The van der Waals surface area contributed by atoms with Gasteiger partial charge in [0, 0.05) is 15.7 Å². The Kier molecular flexibility index (Phi) is 10.5. The molecule has 0 spiro atoms. The van der Waals surface area contributed by atoms with Crippen LogP contribution in [0.4, 0.5) is 26.3 Å². The van der Waals surface area contributed by atoms with Gasteiger partial charge in [-0.1, -0.05) is 77.0 Å². The monoisotopic (exact) mass is 616 g/mol. The molecule has 230 valence electrons. The molecule has 40 heavy (non-hydrogen) atoms. The van der Waals surface area contributed by atoms with Gasteiger partial charge in [0.25, 0.3) is 0 Å². The number of benzene rings is 1. The van der Waals surface area contributed by atoms with Crippen LogP contribution < -0.4 is 0 Å². The minimum atomic E-state index is -5.18. The normalized spacial score (nSPS) is 22.9. The number of hydrogen-bond acceptors (Lipinski definition) is 3. The molecule has 11 heteroatoms. The molecule has 0 atom stereocenters. The van der Waals surface area contributed by atoms with Crippen molar-refractivity contribution in [2.75, 3.05) is 0 Å². The standard InChI is InChI=1S/C29H42F6O3S2/c30-28(31,32)22-19-20-26(29(33,34)35)27(21-22)40(36,37)38-39(23-13-7-1-2-8-14-23,24-15-9-3-4-10-16-24)25-17-11-5-6-12-18-25/h19-21,23-25H,1-18H2. The van der Waals surface area contributed by atoms with Crippen molar-refractivity contribution >= 4 is 20.4 Å². The molecule has 3 nitrogen and oxygen atoms in total. The van der Waals surface area contributed by atoms with Gasteiger partial charge in [-0.3, -0.25) is 0 Å². The fraction of sp³-hybridized carbons (Fsp3) is 0.793. The zero-order chi connectivity index (χ0) is 29.0. The van der Waals surface area contributed by atoms with Crippen LogP contribution in [0.5, 0.6) is 0 Å². The van der Waals surface area contributed by atoms with Crippen molar-refractivity contribution < 1.29 is 38.4 Å². The summed E-state index contributed by atoms with van der Waals surface area (Å²) >= 11 is 0. The van der Waals surface area contributed by atoms with Gasteiger partial charge in [0.05, 0.1) is 11.1 Å². The van der Waals surface area contributed by atoms with Gasteiger partial charge in [-0.15, -0.1) is 10.3 Å². The van der Waals surface area contributed by atoms with Crippen LogP contribution in [-0.4, -0.2) is 24.2 Å². The molecule has 0 radical (unpaired) electrons. The first-order chi connectivity index (χ1) is 18.9. The van der Waals surface area contributed by atoms with Gasteiger partial charge in [-0.05, 0) is 56.7 Å². The second-order valence-electron chi connectivity index (χ2n) is 11.8. The number of hydrogen-bond donors (Lipinski definition) is 0. The highest BCUT2D eigenvalue weighted by atomic mass is 32.3. The van der Waals surface area contributed by atoms with E-state index < -0.39 is 48.8 Å². The van der Waals surface area contributed by atoms with E-state index in [0.717, 1.165) is 116 Å². The Bertz CT molecular complexity index is 1010. The molecular weight excluding hydrogens is 574 g/mol. The van der Waals surface area contributed by atoms with Gasteiger partial charge >= 0.3 is 22.5 Å². The van der Waals surface area contributed by atoms with Crippen molar-refractivity contribution in [3.63, 3.8) is 0 Å². The molecule has 0 aliphatic heterocycles. The summed E-state index contributed by atoms with van der Waals surface area (Å²) in [6, 6.07) is 0.665. The van der Waals surface area contributed by atoms with Crippen LogP contribution in [0.25, 0.3) is 0 Å². The van der Waals surface area contributed by atoms with E-state index in [9.17, 15) is 34.8 Å². The maximum absolute atomic E-state index is 14.1. The molecule has 0 heterocycles. The Labute approximate surface area is 236 Å². The SMILES string of the molecule is O=S(=O)(OS(C1CCCCCC1)(C1CCCCCC1)C1CCCCCC1)c1cc(C(F)(F)F)ccc1C(F)(F)F. The Morgan fingerprint density at radius 1 is 0.575 bits per heavy atom. The van der Waals surface area contributed by atoms with Crippen molar-refractivity contribution in [3.8, 4) is 0 Å². The third-order valence-corrected chi connectivity index (χ3v) is 16.1. The predicted octanol–water partition coefficient (Wildman–Crippen LogP) is 10.3. The van der Waals surface area contributed by atoms with E-state index >= 15 is 0 Å². The summed E-state index contributed by atoms with van der Waals surface area (Å²) in [4.78, 5) is -1.40. The third-order valence-electron chi connectivity index (χ3n) is 9.06. The van der Waals surface area contributed by atoms with Crippen molar-refractivity contribution in [2.24, 2.45) is 0 Å². The second-order valence-corrected chi connectivity index (χ2v) is 17.1. The lowest BCUT2D eigenvalue weighted by Crippen LogP contribution is -2.40. The predicted molar refractivity (Wildman–Crippen MR) is 147 cm³/mol. The molecule has 3 saturated carbocycles. The smallest absolute Gasteiger partial charge is 0.215 e. The van der Waals surface area contributed by atoms with E-state index in [2.05, 4.69) is 0 Å². The van der Waals surface area contributed by atoms with E-state index in [1.165, 1.54) is 0 Å². The minimum absolute atomic E-state index is 0.0869. The first-order valence-electron chi connectivity index (χ1n) is 14.9. The highest BCUT2D eigenvalue weighted by Gasteiger charge is 2.51. The quantitative estimate of drug-likeness (QED) is 0.236. The summed E-state index contributed by atoms with van der Waals surface area (Å²) in [6.45, 7) is 0. The zero-order valence-electron chi connectivity index (χ0n) is 23.0. The van der Waals surface area contributed by atoms with Crippen LogP contribution >= 0.6 is 10.3 Å². The zero-order valence-corrected chi connectivity index (χ0v) is 24.6. The van der Waals surface area contributed by atoms with Crippen molar-refractivity contribution in [3.05, 3.63) is 29.3 Å². The molecule has 0 N–H and O–H groups in total. The van der Waals surface area contributed by atoms with Crippen LogP contribution in [0.1, 0.15) is 127 Å². The molecule has 4 rings (SSSR count). The van der Waals surface area contributed by atoms with Gasteiger partial charge in [0.15, 0.2) is 0 Å². The Balaban J connectivity index is 1.91. The van der Waals surface area contributed by atoms with Crippen LogP contribution in [0, 0.1) is 0 Å². The van der Waals surface area contributed by atoms with Crippen LogP contribution in [0.2, 0.25) is 0 Å².